The Balaban J connectivity index is 2.38. The zero-order valence-electron chi connectivity index (χ0n) is 16.4. The molecule has 146 valence electrons. The molecular formula is C22H34O4. The Bertz CT molecular complexity index is 502. The highest BCUT2D eigenvalue weighted by molar-refractivity contribution is 5.95. The van der Waals surface area contributed by atoms with Gasteiger partial charge in [0.2, 0.25) is 0 Å². The lowest BCUT2D eigenvalue weighted by atomic mass is 9.87. The molecule has 1 aliphatic rings. The number of unbranched alkanes of at least 4 members (excludes halogenated alkanes) is 2. The van der Waals surface area contributed by atoms with Gasteiger partial charge in [0.1, 0.15) is 0 Å². The molecule has 4 nitrogen and oxygen atoms in total. The predicted octanol–water partition coefficient (Wildman–Crippen LogP) is 5.29. The van der Waals surface area contributed by atoms with E-state index in [9.17, 15) is 9.59 Å². The third-order valence-electron chi connectivity index (χ3n) is 4.27. The van der Waals surface area contributed by atoms with E-state index in [4.69, 9.17) is 9.47 Å². The molecule has 0 aromatic carbocycles. The van der Waals surface area contributed by atoms with Crippen LogP contribution in [0.25, 0.3) is 0 Å². The fourth-order valence-electron chi connectivity index (χ4n) is 2.84. The van der Waals surface area contributed by atoms with E-state index in [2.05, 4.69) is 38.2 Å². The fraction of sp³-hybridized carbons (Fsp3) is 0.636. The van der Waals surface area contributed by atoms with Gasteiger partial charge in [-0.05, 0) is 57.8 Å². The Morgan fingerprint density at radius 3 is 2.23 bits per heavy atom. The molecule has 0 bridgehead atoms. The molecule has 0 heterocycles. The summed E-state index contributed by atoms with van der Waals surface area (Å²) < 4.78 is 10.7. The summed E-state index contributed by atoms with van der Waals surface area (Å²) in [6.07, 6.45) is 18.1. The third kappa shape index (κ3) is 9.02. The van der Waals surface area contributed by atoms with Crippen molar-refractivity contribution in [1.29, 1.82) is 0 Å². The van der Waals surface area contributed by atoms with E-state index in [0.29, 0.717) is 25.2 Å². The Morgan fingerprint density at radius 2 is 1.62 bits per heavy atom. The SMILES string of the molecule is CC/C=C/CCCOC(=O)C1=CCCCC1C(=O)OCCC/C=C/CC. The summed E-state index contributed by atoms with van der Waals surface area (Å²) in [5.41, 5.74) is 0.483. The summed E-state index contributed by atoms with van der Waals surface area (Å²) in [5.74, 6) is -1.13. The van der Waals surface area contributed by atoms with Crippen molar-refractivity contribution >= 4 is 11.9 Å². The molecule has 0 aliphatic heterocycles. The average Bonchev–Trinajstić information content (AvgIpc) is 2.67. The molecule has 0 saturated carbocycles. The van der Waals surface area contributed by atoms with Crippen LogP contribution in [0.4, 0.5) is 0 Å². The quantitative estimate of drug-likeness (QED) is 0.269. The highest BCUT2D eigenvalue weighted by atomic mass is 16.5. The first-order chi connectivity index (χ1) is 12.7. The minimum absolute atomic E-state index is 0.293. The van der Waals surface area contributed by atoms with E-state index >= 15 is 0 Å². The van der Waals surface area contributed by atoms with Gasteiger partial charge in [0.05, 0.1) is 19.1 Å². The zero-order chi connectivity index (χ0) is 19.0. The van der Waals surface area contributed by atoms with Crippen LogP contribution in [-0.4, -0.2) is 25.2 Å². The molecule has 0 amide bonds. The lowest BCUT2D eigenvalue weighted by Crippen LogP contribution is -2.27. The number of hydrogen-bond donors (Lipinski definition) is 0. The monoisotopic (exact) mass is 362 g/mol. The Hall–Kier alpha value is -1.84. The first-order valence-electron chi connectivity index (χ1n) is 10.0. The molecule has 0 radical (unpaired) electrons. The van der Waals surface area contributed by atoms with Crippen LogP contribution >= 0.6 is 0 Å². The van der Waals surface area contributed by atoms with Gasteiger partial charge in [-0.25, -0.2) is 4.79 Å². The summed E-state index contributed by atoms with van der Waals surface area (Å²) in [5, 5.41) is 0. The summed E-state index contributed by atoms with van der Waals surface area (Å²) in [6, 6.07) is 0. The smallest absolute Gasteiger partial charge is 0.334 e. The minimum Gasteiger partial charge on any atom is -0.465 e. The van der Waals surface area contributed by atoms with Gasteiger partial charge in [-0.2, -0.15) is 0 Å². The second-order valence-electron chi connectivity index (χ2n) is 6.49. The normalized spacial score (nSPS) is 17.5. The Morgan fingerprint density at radius 1 is 1.00 bits per heavy atom. The average molecular weight is 363 g/mol. The molecule has 0 spiro atoms. The topological polar surface area (TPSA) is 52.6 Å². The molecule has 26 heavy (non-hydrogen) atoms. The van der Waals surface area contributed by atoms with Crippen molar-refractivity contribution in [3.8, 4) is 0 Å². The van der Waals surface area contributed by atoms with Crippen molar-refractivity contribution in [2.45, 2.75) is 71.6 Å². The fourth-order valence-corrected chi connectivity index (χ4v) is 2.84. The van der Waals surface area contributed by atoms with Gasteiger partial charge in [-0.15, -0.1) is 0 Å². The predicted molar refractivity (Wildman–Crippen MR) is 105 cm³/mol. The number of carbonyl (C=O) groups excluding carboxylic acids is 2. The highest BCUT2D eigenvalue weighted by Crippen LogP contribution is 2.27. The van der Waals surface area contributed by atoms with Crippen molar-refractivity contribution in [2.24, 2.45) is 5.92 Å². The van der Waals surface area contributed by atoms with Crippen molar-refractivity contribution in [3.63, 3.8) is 0 Å². The van der Waals surface area contributed by atoms with E-state index in [1.54, 1.807) is 0 Å². The van der Waals surface area contributed by atoms with Crippen molar-refractivity contribution in [2.75, 3.05) is 13.2 Å². The second kappa shape index (κ2) is 14.3. The molecule has 4 heteroatoms. The Labute approximate surface area is 158 Å². The summed E-state index contributed by atoms with van der Waals surface area (Å²) in [6.45, 7) is 4.97. The molecular weight excluding hydrogens is 328 g/mol. The van der Waals surface area contributed by atoms with Gasteiger partial charge in [-0.3, -0.25) is 4.79 Å². The number of esters is 2. The van der Waals surface area contributed by atoms with E-state index in [0.717, 1.165) is 51.4 Å². The number of rotatable bonds is 12. The first kappa shape index (κ1) is 22.2. The summed E-state index contributed by atoms with van der Waals surface area (Å²) in [7, 11) is 0. The summed E-state index contributed by atoms with van der Waals surface area (Å²) in [4.78, 5) is 24.7. The van der Waals surface area contributed by atoms with Crippen molar-refractivity contribution in [1.82, 2.24) is 0 Å². The van der Waals surface area contributed by atoms with Crippen LogP contribution in [-0.2, 0) is 19.1 Å². The van der Waals surface area contributed by atoms with Crippen molar-refractivity contribution < 1.29 is 19.1 Å². The van der Waals surface area contributed by atoms with E-state index < -0.39 is 5.92 Å². The Kier molecular flexibility index (Phi) is 12.2. The van der Waals surface area contributed by atoms with E-state index in [1.807, 2.05) is 6.08 Å². The first-order valence-corrected chi connectivity index (χ1v) is 10.0. The largest absolute Gasteiger partial charge is 0.465 e. The molecule has 1 rings (SSSR count). The molecule has 0 aromatic rings. The van der Waals surface area contributed by atoms with Gasteiger partial charge >= 0.3 is 11.9 Å². The molecule has 1 unspecified atom stereocenters. The maximum Gasteiger partial charge on any atom is 0.334 e. The van der Waals surface area contributed by atoms with Crippen LogP contribution in [0.15, 0.2) is 36.0 Å². The van der Waals surface area contributed by atoms with Gasteiger partial charge < -0.3 is 9.47 Å². The van der Waals surface area contributed by atoms with Crippen LogP contribution in [0.3, 0.4) is 0 Å². The van der Waals surface area contributed by atoms with Crippen LogP contribution < -0.4 is 0 Å². The lowest BCUT2D eigenvalue weighted by Gasteiger charge is -2.21. The number of carbonyl (C=O) groups is 2. The lowest BCUT2D eigenvalue weighted by molar-refractivity contribution is -0.151. The second-order valence-corrected chi connectivity index (χ2v) is 6.49. The van der Waals surface area contributed by atoms with Crippen LogP contribution in [0.1, 0.15) is 71.6 Å². The third-order valence-corrected chi connectivity index (χ3v) is 4.27. The van der Waals surface area contributed by atoms with Gasteiger partial charge in [0.25, 0.3) is 0 Å². The number of ether oxygens (including phenoxy) is 2. The minimum atomic E-state index is -0.470. The number of allylic oxidation sites excluding steroid dienone is 5. The van der Waals surface area contributed by atoms with Gasteiger partial charge in [0.15, 0.2) is 0 Å². The van der Waals surface area contributed by atoms with E-state index in [1.165, 1.54) is 0 Å². The molecule has 1 atom stereocenters. The van der Waals surface area contributed by atoms with Gasteiger partial charge in [0, 0.05) is 5.57 Å². The molecule has 0 aromatic heterocycles. The van der Waals surface area contributed by atoms with E-state index in [-0.39, 0.29) is 11.9 Å². The molecule has 0 saturated heterocycles. The van der Waals surface area contributed by atoms with Crippen LogP contribution in [0, 0.1) is 5.92 Å². The summed E-state index contributed by atoms with van der Waals surface area (Å²) >= 11 is 0. The van der Waals surface area contributed by atoms with Crippen LogP contribution in [0.2, 0.25) is 0 Å². The standard InChI is InChI=1S/C22H34O4/c1-3-5-7-9-13-17-25-21(23)19-15-11-12-16-20(19)22(24)26-18-14-10-8-6-4-2/h5-8,15,20H,3-4,9-14,16-18H2,1-2H3/b7-5+,8-6+. The van der Waals surface area contributed by atoms with Gasteiger partial charge in [-0.1, -0.05) is 44.2 Å². The number of hydrogen-bond acceptors (Lipinski definition) is 4. The zero-order valence-corrected chi connectivity index (χ0v) is 16.4. The van der Waals surface area contributed by atoms with Crippen LogP contribution in [0.5, 0.6) is 0 Å². The maximum atomic E-state index is 12.4. The molecule has 1 aliphatic carbocycles. The van der Waals surface area contributed by atoms with Crippen molar-refractivity contribution in [3.05, 3.63) is 36.0 Å². The maximum absolute atomic E-state index is 12.4. The molecule has 0 N–H and O–H groups in total. The highest BCUT2D eigenvalue weighted by Gasteiger charge is 2.31. The molecule has 0 fully saturated rings.